The molecular formula is C17H21ClN4O4S2. The van der Waals surface area contributed by atoms with Gasteiger partial charge >= 0.3 is 0 Å². The minimum atomic E-state index is -2.14. The molecular weight excluding hydrogens is 424 g/mol. The smallest absolute Gasteiger partial charge is 0.186 e. The Bertz CT molecular complexity index is 944. The van der Waals surface area contributed by atoms with Gasteiger partial charge in [0.05, 0.1) is 5.69 Å². The second-order valence-corrected chi connectivity index (χ2v) is 10.4. The fraction of sp³-hybridized carbons (Fsp3) is 0.353. The van der Waals surface area contributed by atoms with Crippen molar-refractivity contribution in [2.45, 2.75) is 24.3 Å². The van der Waals surface area contributed by atoms with Crippen molar-refractivity contribution in [2.24, 2.45) is 4.99 Å². The molecule has 0 aliphatic heterocycles. The van der Waals surface area contributed by atoms with Crippen molar-refractivity contribution in [1.29, 1.82) is 0 Å². The van der Waals surface area contributed by atoms with Gasteiger partial charge in [-0.15, -0.1) is 11.8 Å². The Labute approximate surface area is 172 Å². The Morgan fingerprint density at radius 2 is 2.21 bits per heavy atom. The van der Waals surface area contributed by atoms with Crippen LogP contribution in [0.25, 0.3) is 0 Å². The highest BCUT2D eigenvalue weighted by Gasteiger charge is 2.17. The van der Waals surface area contributed by atoms with Gasteiger partial charge in [-0.25, -0.2) is 9.62 Å². The average Bonchev–Trinajstić information content (AvgIpc) is 3.09. The standard InChI is InChI=1S/C17H21ClN4O4S2/c1-28(2,25)10-8-14(23)7-4-9-27-17-15(21-26-22-17)16(20-24)19-13-6-3-5-12(18)11-13/h3,5-6,11,24H,1,4,7-10H2,2H3,(H,19,20). The number of rotatable bonds is 10. The Morgan fingerprint density at radius 3 is 2.89 bits per heavy atom. The zero-order valence-corrected chi connectivity index (χ0v) is 17.6. The number of ketones is 1. The third-order valence-electron chi connectivity index (χ3n) is 3.49. The average molecular weight is 445 g/mol. The molecule has 1 aromatic carbocycles. The van der Waals surface area contributed by atoms with E-state index in [-0.39, 0.29) is 23.7 Å². The van der Waals surface area contributed by atoms with Gasteiger partial charge in [0.15, 0.2) is 16.6 Å². The first-order chi connectivity index (χ1) is 13.3. The molecule has 0 saturated heterocycles. The number of nitrogens with zero attached hydrogens (tertiary/aromatic N) is 3. The first kappa shape index (κ1) is 22.4. The molecule has 2 N–H and O–H groups in total. The number of carbonyl (C=O) groups is 1. The molecule has 0 aliphatic rings. The van der Waals surface area contributed by atoms with Gasteiger partial charge in [-0.2, -0.15) is 0 Å². The van der Waals surface area contributed by atoms with Gasteiger partial charge in [0, 0.05) is 35.6 Å². The van der Waals surface area contributed by atoms with Crippen molar-refractivity contribution in [2.75, 3.05) is 17.8 Å². The maximum absolute atomic E-state index is 11.8. The second-order valence-electron chi connectivity index (χ2n) is 6.10. The quantitative estimate of drug-likeness (QED) is 0.143. The molecule has 1 aromatic heterocycles. The number of amidine groups is 1. The summed E-state index contributed by atoms with van der Waals surface area (Å²) in [4.78, 5) is 16.1. The minimum Gasteiger partial charge on any atom is -0.300 e. The first-order valence-corrected chi connectivity index (χ1v) is 12.0. The van der Waals surface area contributed by atoms with Crippen LogP contribution < -0.4 is 5.48 Å². The highest BCUT2D eigenvalue weighted by molar-refractivity contribution is 7.99. The number of hydrogen-bond acceptors (Lipinski definition) is 8. The van der Waals surface area contributed by atoms with E-state index in [9.17, 15) is 14.2 Å². The van der Waals surface area contributed by atoms with E-state index >= 15 is 0 Å². The number of aliphatic imine (C=N–C) groups is 1. The van der Waals surface area contributed by atoms with Crippen LogP contribution in [0.2, 0.25) is 5.02 Å². The second kappa shape index (κ2) is 10.6. The molecule has 1 atom stereocenters. The van der Waals surface area contributed by atoms with Gasteiger partial charge in [0.25, 0.3) is 0 Å². The van der Waals surface area contributed by atoms with Crippen LogP contribution in [-0.2, 0) is 14.3 Å². The van der Waals surface area contributed by atoms with Crippen molar-refractivity contribution >= 4 is 56.1 Å². The molecule has 8 nitrogen and oxygen atoms in total. The van der Waals surface area contributed by atoms with E-state index < -0.39 is 9.52 Å². The molecule has 1 unspecified atom stereocenters. The molecule has 0 radical (unpaired) electrons. The summed E-state index contributed by atoms with van der Waals surface area (Å²) < 4.78 is 16.3. The minimum absolute atomic E-state index is 0.0533. The maximum Gasteiger partial charge on any atom is 0.186 e. The molecule has 152 valence electrons. The van der Waals surface area contributed by atoms with Crippen LogP contribution in [0.15, 0.2) is 38.9 Å². The third-order valence-corrected chi connectivity index (χ3v) is 5.83. The van der Waals surface area contributed by atoms with Gasteiger partial charge in [-0.3, -0.25) is 19.7 Å². The molecule has 0 fully saturated rings. The number of Topliss-reactive ketones (excluding diaryl/α,β-unsaturated/α-hetero) is 1. The van der Waals surface area contributed by atoms with Crippen LogP contribution in [0.5, 0.6) is 0 Å². The van der Waals surface area contributed by atoms with Crippen molar-refractivity contribution in [3.63, 3.8) is 0 Å². The number of hydrogen-bond donors (Lipinski definition) is 2. The van der Waals surface area contributed by atoms with Gasteiger partial charge < -0.3 is 0 Å². The van der Waals surface area contributed by atoms with Crippen molar-refractivity contribution < 1.29 is 18.8 Å². The molecule has 0 saturated carbocycles. The van der Waals surface area contributed by atoms with E-state index in [1.807, 2.05) is 5.48 Å². The lowest BCUT2D eigenvalue weighted by Crippen LogP contribution is -2.21. The summed E-state index contributed by atoms with van der Waals surface area (Å²) in [5, 5.41) is 18.0. The summed E-state index contributed by atoms with van der Waals surface area (Å²) >= 11 is 7.27. The fourth-order valence-corrected chi connectivity index (χ4v) is 3.80. The SMILES string of the molecule is C=S(C)(=O)CCC(=O)CCCSc1nonc1C(=Nc1cccc(Cl)c1)NO. The van der Waals surface area contributed by atoms with Crippen molar-refractivity contribution in [1.82, 2.24) is 15.8 Å². The highest BCUT2D eigenvalue weighted by Crippen LogP contribution is 2.23. The number of aromatic nitrogens is 2. The van der Waals surface area contributed by atoms with Gasteiger partial charge in [0.2, 0.25) is 0 Å². The monoisotopic (exact) mass is 444 g/mol. The Hall–Kier alpha value is -1.88. The van der Waals surface area contributed by atoms with Crippen LogP contribution in [0.4, 0.5) is 5.69 Å². The summed E-state index contributed by atoms with van der Waals surface area (Å²) in [6.07, 6.45) is 2.81. The first-order valence-electron chi connectivity index (χ1n) is 8.30. The Balaban J connectivity index is 1.93. The van der Waals surface area contributed by atoms with Crippen molar-refractivity contribution in [3.05, 3.63) is 35.0 Å². The summed E-state index contributed by atoms with van der Waals surface area (Å²) in [5.41, 5.74) is 2.77. The molecule has 2 rings (SSSR count). The van der Waals surface area contributed by atoms with Crippen molar-refractivity contribution in [3.8, 4) is 0 Å². The van der Waals surface area contributed by atoms with Gasteiger partial charge in [-0.05, 0) is 50.3 Å². The molecule has 0 amide bonds. The molecule has 28 heavy (non-hydrogen) atoms. The van der Waals surface area contributed by atoms with E-state index in [1.165, 1.54) is 11.8 Å². The normalized spacial score (nSPS) is 13.9. The third kappa shape index (κ3) is 7.63. The van der Waals surface area contributed by atoms with Crippen LogP contribution in [0.3, 0.4) is 0 Å². The lowest BCUT2D eigenvalue weighted by molar-refractivity contribution is -0.118. The predicted octanol–water partition coefficient (Wildman–Crippen LogP) is 2.96. The lowest BCUT2D eigenvalue weighted by atomic mass is 10.2. The fourth-order valence-electron chi connectivity index (χ4n) is 2.12. The number of nitrogens with one attached hydrogen (secondary N) is 1. The van der Waals surface area contributed by atoms with Gasteiger partial charge in [-0.1, -0.05) is 17.7 Å². The van der Waals surface area contributed by atoms with E-state index in [0.717, 1.165) is 0 Å². The Morgan fingerprint density at radius 1 is 1.43 bits per heavy atom. The van der Waals surface area contributed by atoms with E-state index in [1.54, 1.807) is 30.5 Å². The number of benzene rings is 1. The zero-order valence-electron chi connectivity index (χ0n) is 15.3. The largest absolute Gasteiger partial charge is 0.300 e. The van der Waals surface area contributed by atoms with Crippen LogP contribution >= 0.6 is 23.4 Å². The maximum atomic E-state index is 11.8. The molecule has 1 heterocycles. The molecule has 0 aliphatic carbocycles. The van der Waals surface area contributed by atoms with Gasteiger partial charge in [0.1, 0.15) is 5.78 Å². The highest BCUT2D eigenvalue weighted by atomic mass is 35.5. The Kier molecular flexibility index (Phi) is 8.49. The summed E-state index contributed by atoms with van der Waals surface area (Å²) in [7, 11) is -2.14. The number of thioether (sulfide) groups is 1. The summed E-state index contributed by atoms with van der Waals surface area (Å²) in [6, 6.07) is 6.79. The number of hydroxylamine groups is 1. The van der Waals surface area contributed by atoms with Crippen LogP contribution in [0.1, 0.15) is 25.0 Å². The van der Waals surface area contributed by atoms with E-state index in [2.05, 4.69) is 21.2 Å². The molecule has 11 heteroatoms. The van der Waals surface area contributed by atoms with E-state index in [4.69, 9.17) is 16.2 Å². The topological polar surface area (TPSA) is 118 Å². The number of halogens is 1. The van der Waals surface area contributed by atoms with Crippen LogP contribution in [-0.4, -0.2) is 55.0 Å². The lowest BCUT2D eigenvalue weighted by Gasteiger charge is -2.04. The zero-order chi connectivity index (χ0) is 20.6. The number of carbonyl (C=O) groups excluding carboxylic acids is 1. The summed E-state index contributed by atoms with van der Waals surface area (Å²) in [6.45, 7) is 0. The van der Waals surface area contributed by atoms with Crippen LogP contribution in [0, 0.1) is 0 Å². The summed E-state index contributed by atoms with van der Waals surface area (Å²) in [5.74, 6) is 4.56. The van der Waals surface area contributed by atoms with E-state index in [0.29, 0.717) is 40.1 Å². The molecule has 0 spiro atoms. The predicted molar refractivity (Wildman–Crippen MR) is 113 cm³/mol. The molecule has 0 bridgehead atoms. The molecule has 2 aromatic rings.